The molecule has 1 rings (SSSR count). The lowest BCUT2D eigenvalue weighted by atomic mass is 10.2. The zero-order valence-electron chi connectivity index (χ0n) is 9.56. The second kappa shape index (κ2) is 7.70. The zero-order chi connectivity index (χ0) is 11.8. The van der Waals surface area contributed by atoms with E-state index in [1.807, 2.05) is 16.8 Å². The minimum atomic E-state index is -0.0209. The van der Waals surface area contributed by atoms with Gasteiger partial charge in [-0.05, 0) is 29.9 Å². The standard InChI is InChI=1S/C11H17NO2S2/c1-14-10(4-5-15-2)7-12-11(13)9-3-6-16-8-9/h3,6,8,10H,4-5,7H2,1-2H3,(H,12,13). The summed E-state index contributed by atoms with van der Waals surface area (Å²) in [6, 6.07) is 1.82. The molecule has 0 saturated carbocycles. The number of carbonyl (C=O) groups excluding carboxylic acids is 1. The molecule has 0 aliphatic heterocycles. The van der Waals surface area contributed by atoms with E-state index in [2.05, 4.69) is 11.6 Å². The molecule has 0 aliphatic carbocycles. The minimum Gasteiger partial charge on any atom is -0.380 e. The number of thioether (sulfide) groups is 1. The molecule has 1 unspecified atom stereocenters. The van der Waals surface area contributed by atoms with Crippen LogP contribution in [0.3, 0.4) is 0 Å². The third-order valence-corrected chi connectivity index (χ3v) is 3.58. The van der Waals surface area contributed by atoms with Crippen molar-refractivity contribution in [2.45, 2.75) is 12.5 Å². The summed E-state index contributed by atoms with van der Waals surface area (Å²) in [6.07, 6.45) is 3.13. The molecule has 1 N–H and O–H groups in total. The van der Waals surface area contributed by atoms with Gasteiger partial charge in [-0.1, -0.05) is 0 Å². The molecule has 3 nitrogen and oxygen atoms in total. The monoisotopic (exact) mass is 259 g/mol. The fourth-order valence-electron chi connectivity index (χ4n) is 1.25. The zero-order valence-corrected chi connectivity index (χ0v) is 11.2. The number of hydrogen-bond donors (Lipinski definition) is 1. The van der Waals surface area contributed by atoms with Gasteiger partial charge < -0.3 is 10.1 Å². The van der Waals surface area contributed by atoms with E-state index in [-0.39, 0.29) is 12.0 Å². The first-order valence-corrected chi connectivity index (χ1v) is 7.43. The van der Waals surface area contributed by atoms with Crippen LogP contribution in [-0.4, -0.2) is 37.7 Å². The molecule has 5 heteroatoms. The van der Waals surface area contributed by atoms with Gasteiger partial charge in [-0.2, -0.15) is 23.1 Å². The Morgan fingerprint density at radius 3 is 3.06 bits per heavy atom. The van der Waals surface area contributed by atoms with Gasteiger partial charge in [0, 0.05) is 24.6 Å². The quantitative estimate of drug-likeness (QED) is 0.816. The Morgan fingerprint density at radius 2 is 2.50 bits per heavy atom. The van der Waals surface area contributed by atoms with E-state index in [0.29, 0.717) is 6.54 Å². The van der Waals surface area contributed by atoms with Gasteiger partial charge in [0.05, 0.1) is 6.10 Å². The number of carbonyl (C=O) groups is 1. The molecule has 1 heterocycles. The number of nitrogens with one attached hydrogen (secondary N) is 1. The Hall–Kier alpha value is -0.520. The predicted molar refractivity (Wildman–Crippen MR) is 70.4 cm³/mol. The number of thiophene rings is 1. The Kier molecular flexibility index (Phi) is 6.52. The van der Waals surface area contributed by atoms with Gasteiger partial charge in [0.25, 0.3) is 5.91 Å². The second-order valence-electron chi connectivity index (χ2n) is 3.36. The summed E-state index contributed by atoms with van der Waals surface area (Å²) in [5.74, 6) is 1.03. The van der Waals surface area contributed by atoms with Crippen LogP contribution < -0.4 is 5.32 Å². The Labute approximate surface area is 105 Å². The van der Waals surface area contributed by atoms with Crippen molar-refractivity contribution in [3.63, 3.8) is 0 Å². The van der Waals surface area contributed by atoms with E-state index in [4.69, 9.17) is 4.74 Å². The lowest BCUT2D eigenvalue weighted by molar-refractivity contribution is 0.0820. The Bertz CT molecular complexity index is 301. The molecule has 1 aromatic heterocycles. The summed E-state index contributed by atoms with van der Waals surface area (Å²) < 4.78 is 5.29. The maximum absolute atomic E-state index is 11.6. The molecule has 0 radical (unpaired) electrons. The largest absolute Gasteiger partial charge is 0.380 e. The molecule has 16 heavy (non-hydrogen) atoms. The fourth-order valence-corrected chi connectivity index (χ4v) is 2.39. The van der Waals surface area contributed by atoms with Crippen LogP contribution in [0.1, 0.15) is 16.8 Å². The summed E-state index contributed by atoms with van der Waals surface area (Å²) in [5.41, 5.74) is 0.727. The van der Waals surface area contributed by atoms with Crippen molar-refractivity contribution in [2.75, 3.05) is 25.7 Å². The van der Waals surface area contributed by atoms with Gasteiger partial charge in [0.2, 0.25) is 0 Å². The maximum atomic E-state index is 11.6. The van der Waals surface area contributed by atoms with Gasteiger partial charge in [-0.25, -0.2) is 0 Å². The molecule has 0 aliphatic rings. The van der Waals surface area contributed by atoms with Crippen molar-refractivity contribution in [3.05, 3.63) is 22.4 Å². The van der Waals surface area contributed by atoms with Crippen LogP contribution in [0.4, 0.5) is 0 Å². The highest BCUT2D eigenvalue weighted by molar-refractivity contribution is 7.98. The first kappa shape index (κ1) is 13.5. The molecule has 90 valence electrons. The number of ether oxygens (including phenoxy) is 1. The highest BCUT2D eigenvalue weighted by Crippen LogP contribution is 2.06. The first-order valence-electron chi connectivity index (χ1n) is 5.10. The van der Waals surface area contributed by atoms with Crippen LogP contribution >= 0.6 is 23.1 Å². The molecule has 0 bridgehead atoms. The van der Waals surface area contributed by atoms with Crippen LogP contribution in [0.15, 0.2) is 16.8 Å². The van der Waals surface area contributed by atoms with Crippen LogP contribution in [0.5, 0.6) is 0 Å². The highest BCUT2D eigenvalue weighted by Gasteiger charge is 2.10. The van der Waals surface area contributed by atoms with Crippen molar-refractivity contribution in [3.8, 4) is 0 Å². The minimum absolute atomic E-state index is 0.0209. The van der Waals surface area contributed by atoms with Gasteiger partial charge >= 0.3 is 0 Å². The van der Waals surface area contributed by atoms with Crippen molar-refractivity contribution in [2.24, 2.45) is 0 Å². The lowest BCUT2D eigenvalue weighted by Gasteiger charge is -2.15. The average molecular weight is 259 g/mol. The molecule has 1 amide bonds. The van der Waals surface area contributed by atoms with E-state index < -0.39 is 0 Å². The smallest absolute Gasteiger partial charge is 0.252 e. The number of methoxy groups -OCH3 is 1. The third-order valence-electron chi connectivity index (χ3n) is 2.25. The fraction of sp³-hybridized carbons (Fsp3) is 0.545. The van der Waals surface area contributed by atoms with Gasteiger partial charge in [-0.3, -0.25) is 4.79 Å². The van der Waals surface area contributed by atoms with Crippen molar-refractivity contribution in [1.82, 2.24) is 5.32 Å². The molecule has 1 atom stereocenters. The Morgan fingerprint density at radius 1 is 1.69 bits per heavy atom. The molecule has 0 fully saturated rings. The van der Waals surface area contributed by atoms with Gasteiger partial charge in [-0.15, -0.1) is 0 Å². The third kappa shape index (κ3) is 4.55. The molecule has 0 spiro atoms. The summed E-state index contributed by atoms with van der Waals surface area (Å²) in [6.45, 7) is 0.575. The van der Waals surface area contributed by atoms with E-state index in [0.717, 1.165) is 17.7 Å². The molecule has 1 aromatic rings. The highest BCUT2D eigenvalue weighted by atomic mass is 32.2. The Balaban J connectivity index is 2.29. The van der Waals surface area contributed by atoms with Crippen LogP contribution in [0.25, 0.3) is 0 Å². The van der Waals surface area contributed by atoms with Crippen molar-refractivity contribution < 1.29 is 9.53 Å². The van der Waals surface area contributed by atoms with E-state index in [9.17, 15) is 4.79 Å². The van der Waals surface area contributed by atoms with Crippen LogP contribution in [-0.2, 0) is 4.74 Å². The van der Waals surface area contributed by atoms with E-state index in [1.165, 1.54) is 11.3 Å². The molecule has 0 aromatic carbocycles. The summed E-state index contributed by atoms with van der Waals surface area (Å²) >= 11 is 3.31. The summed E-state index contributed by atoms with van der Waals surface area (Å²) in [4.78, 5) is 11.6. The predicted octanol–water partition coefficient (Wildman–Crippen LogP) is 2.25. The lowest BCUT2D eigenvalue weighted by Crippen LogP contribution is -2.33. The molecular weight excluding hydrogens is 242 g/mol. The summed E-state index contributed by atoms with van der Waals surface area (Å²) in [7, 11) is 1.68. The molecule has 0 saturated heterocycles. The van der Waals surface area contributed by atoms with E-state index in [1.54, 1.807) is 18.9 Å². The SMILES string of the molecule is COC(CCSC)CNC(=O)c1ccsc1. The number of rotatable bonds is 7. The van der Waals surface area contributed by atoms with Crippen molar-refractivity contribution >= 4 is 29.0 Å². The first-order chi connectivity index (χ1) is 7.77. The maximum Gasteiger partial charge on any atom is 0.252 e. The van der Waals surface area contributed by atoms with Gasteiger partial charge in [0.15, 0.2) is 0 Å². The summed E-state index contributed by atoms with van der Waals surface area (Å²) in [5, 5.41) is 6.62. The number of amides is 1. The van der Waals surface area contributed by atoms with Crippen molar-refractivity contribution in [1.29, 1.82) is 0 Å². The normalized spacial score (nSPS) is 12.4. The average Bonchev–Trinajstić information content (AvgIpc) is 2.82. The topological polar surface area (TPSA) is 38.3 Å². The van der Waals surface area contributed by atoms with E-state index >= 15 is 0 Å². The van der Waals surface area contributed by atoms with Crippen LogP contribution in [0.2, 0.25) is 0 Å². The molecular formula is C11H17NO2S2. The van der Waals surface area contributed by atoms with Gasteiger partial charge in [0.1, 0.15) is 0 Å². The number of hydrogen-bond acceptors (Lipinski definition) is 4. The second-order valence-corrected chi connectivity index (χ2v) is 5.13. The van der Waals surface area contributed by atoms with Crippen LogP contribution in [0, 0.1) is 0 Å².